The number of piperazine rings is 1. The summed E-state index contributed by atoms with van der Waals surface area (Å²) in [6, 6.07) is -0.452. The SMILES string of the molecule is CC[C@@H]1C(=O)NCCN1c1ncc(F)c(NCC(F)F)n1. The molecular weight excluding hydrogens is 287 g/mol. The lowest BCUT2D eigenvalue weighted by molar-refractivity contribution is -0.123. The fourth-order valence-corrected chi connectivity index (χ4v) is 2.15. The zero-order valence-electron chi connectivity index (χ0n) is 11.4. The average molecular weight is 303 g/mol. The number of carbonyl (C=O) groups is 1. The van der Waals surface area contributed by atoms with Gasteiger partial charge in [0.2, 0.25) is 11.9 Å². The van der Waals surface area contributed by atoms with Gasteiger partial charge < -0.3 is 15.5 Å². The van der Waals surface area contributed by atoms with Gasteiger partial charge in [0, 0.05) is 13.1 Å². The summed E-state index contributed by atoms with van der Waals surface area (Å²) in [6.45, 7) is 2.03. The first-order chi connectivity index (χ1) is 10.0. The van der Waals surface area contributed by atoms with E-state index >= 15 is 0 Å². The molecule has 116 valence electrons. The molecule has 2 rings (SSSR count). The Kier molecular flexibility index (Phi) is 4.81. The van der Waals surface area contributed by atoms with E-state index in [9.17, 15) is 18.0 Å². The first-order valence-corrected chi connectivity index (χ1v) is 6.61. The molecule has 1 fully saturated rings. The van der Waals surface area contributed by atoms with Crippen molar-refractivity contribution >= 4 is 17.7 Å². The number of nitrogens with one attached hydrogen (secondary N) is 2. The van der Waals surface area contributed by atoms with Crippen molar-refractivity contribution < 1.29 is 18.0 Å². The van der Waals surface area contributed by atoms with Gasteiger partial charge in [0.1, 0.15) is 6.04 Å². The first-order valence-electron chi connectivity index (χ1n) is 6.61. The quantitative estimate of drug-likeness (QED) is 0.849. The Morgan fingerprint density at radius 3 is 3.00 bits per heavy atom. The van der Waals surface area contributed by atoms with Crippen molar-refractivity contribution in [3.63, 3.8) is 0 Å². The molecule has 0 bridgehead atoms. The molecule has 0 spiro atoms. The topological polar surface area (TPSA) is 70.2 Å². The second kappa shape index (κ2) is 6.59. The van der Waals surface area contributed by atoms with Gasteiger partial charge in [-0.3, -0.25) is 4.79 Å². The number of aromatic nitrogens is 2. The molecule has 1 aromatic heterocycles. The van der Waals surface area contributed by atoms with Crippen LogP contribution in [0, 0.1) is 5.82 Å². The minimum absolute atomic E-state index is 0.148. The second-order valence-corrected chi connectivity index (χ2v) is 4.55. The molecule has 0 aliphatic carbocycles. The summed E-state index contributed by atoms with van der Waals surface area (Å²) in [5, 5.41) is 4.96. The normalized spacial score (nSPS) is 18.8. The maximum Gasteiger partial charge on any atom is 0.255 e. The van der Waals surface area contributed by atoms with Gasteiger partial charge in [-0.1, -0.05) is 6.92 Å². The summed E-state index contributed by atoms with van der Waals surface area (Å²) in [4.78, 5) is 21.2. The van der Waals surface area contributed by atoms with Crippen molar-refractivity contribution in [2.45, 2.75) is 25.8 Å². The fourth-order valence-electron chi connectivity index (χ4n) is 2.15. The van der Waals surface area contributed by atoms with Crippen LogP contribution in [0.25, 0.3) is 0 Å². The highest BCUT2D eigenvalue weighted by molar-refractivity contribution is 5.85. The zero-order chi connectivity index (χ0) is 15.4. The number of hydrogen-bond acceptors (Lipinski definition) is 5. The van der Waals surface area contributed by atoms with Crippen LogP contribution in [0.4, 0.5) is 24.9 Å². The molecule has 6 nitrogen and oxygen atoms in total. The Morgan fingerprint density at radius 2 is 2.33 bits per heavy atom. The lowest BCUT2D eigenvalue weighted by atomic mass is 10.1. The standard InChI is InChI=1S/C12H16F3N5O/c1-2-8-11(21)16-3-4-20(8)12-18-5-7(13)10(19-12)17-6-9(14)15/h5,8-9H,2-4,6H2,1H3,(H,16,21)(H,17,18,19)/t8-/m1/s1. The van der Waals surface area contributed by atoms with E-state index in [1.807, 2.05) is 6.92 Å². The lowest BCUT2D eigenvalue weighted by Gasteiger charge is -2.34. The van der Waals surface area contributed by atoms with Crippen LogP contribution >= 0.6 is 0 Å². The molecule has 0 saturated carbocycles. The highest BCUT2D eigenvalue weighted by Crippen LogP contribution is 2.19. The molecule has 2 heterocycles. The molecule has 0 unspecified atom stereocenters. The molecule has 9 heteroatoms. The highest BCUT2D eigenvalue weighted by atomic mass is 19.3. The van der Waals surface area contributed by atoms with Crippen molar-refractivity contribution in [1.29, 1.82) is 0 Å². The summed E-state index contributed by atoms with van der Waals surface area (Å²) in [6.07, 6.45) is -1.17. The van der Waals surface area contributed by atoms with Crippen molar-refractivity contribution in [3.05, 3.63) is 12.0 Å². The third kappa shape index (κ3) is 3.53. The van der Waals surface area contributed by atoms with Gasteiger partial charge in [-0.05, 0) is 6.42 Å². The number of alkyl halides is 2. The molecule has 1 aromatic rings. The van der Waals surface area contributed by atoms with Crippen molar-refractivity contribution in [3.8, 4) is 0 Å². The molecule has 1 atom stereocenters. The Balaban J connectivity index is 2.22. The zero-order valence-corrected chi connectivity index (χ0v) is 11.4. The minimum atomic E-state index is -2.62. The number of amides is 1. The van der Waals surface area contributed by atoms with Crippen LogP contribution in [0.5, 0.6) is 0 Å². The molecule has 1 saturated heterocycles. The number of hydrogen-bond donors (Lipinski definition) is 2. The summed E-state index contributed by atoms with van der Waals surface area (Å²) in [7, 11) is 0. The number of rotatable bonds is 5. The van der Waals surface area contributed by atoms with Crippen LogP contribution in [0.2, 0.25) is 0 Å². The van der Waals surface area contributed by atoms with E-state index in [1.165, 1.54) is 0 Å². The van der Waals surface area contributed by atoms with Crippen molar-refractivity contribution in [2.24, 2.45) is 0 Å². The molecule has 21 heavy (non-hydrogen) atoms. The van der Waals surface area contributed by atoms with Gasteiger partial charge in [-0.25, -0.2) is 18.2 Å². The fraction of sp³-hybridized carbons (Fsp3) is 0.583. The van der Waals surface area contributed by atoms with Gasteiger partial charge >= 0.3 is 0 Å². The van der Waals surface area contributed by atoms with E-state index in [-0.39, 0.29) is 17.7 Å². The van der Waals surface area contributed by atoms with Crippen LogP contribution < -0.4 is 15.5 Å². The molecule has 2 N–H and O–H groups in total. The van der Waals surface area contributed by atoms with Gasteiger partial charge in [0.05, 0.1) is 12.7 Å². The third-order valence-corrected chi connectivity index (χ3v) is 3.13. The largest absolute Gasteiger partial charge is 0.362 e. The predicted molar refractivity (Wildman–Crippen MR) is 70.9 cm³/mol. The second-order valence-electron chi connectivity index (χ2n) is 4.55. The van der Waals surface area contributed by atoms with Crippen LogP contribution in [0.1, 0.15) is 13.3 Å². The average Bonchev–Trinajstić information content (AvgIpc) is 2.46. The van der Waals surface area contributed by atoms with E-state index in [0.29, 0.717) is 19.5 Å². The minimum Gasteiger partial charge on any atom is -0.362 e. The Hall–Kier alpha value is -2.06. The van der Waals surface area contributed by atoms with Crippen molar-refractivity contribution in [2.75, 3.05) is 29.9 Å². The maximum atomic E-state index is 13.5. The molecule has 0 radical (unpaired) electrons. The van der Waals surface area contributed by atoms with E-state index in [4.69, 9.17) is 0 Å². The van der Waals surface area contributed by atoms with Crippen LogP contribution in [-0.2, 0) is 4.79 Å². The van der Waals surface area contributed by atoms with Gasteiger partial charge in [0.25, 0.3) is 6.43 Å². The maximum absolute atomic E-state index is 13.5. The predicted octanol–water partition coefficient (Wildman–Crippen LogP) is 1.01. The summed E-state index contributed by atoms with van der Waals surface area (Å²) < 4.78 is 37.9. The smallest absolute Gasteiger partial charge is 0.255 e. The monoisotopic (exact) mass is 303 g/mol. The number of halogens is 3. The van der Waals surface area contributed by atoms with Crippen molar-refractivity contribution in [1.82, 2.24) is 15.3 Å². The molecule has 1 aliphatic rings. The Labute approximate surface area is 119 Å². The summed E-state index contributed by atoms with van der Waals surface area (Å²) in [5.74, 6) is -1.11. The molecule has 1 amide bonds. The van der Waals surface area contributed by atoms with Crippen LogP contribution in [0.3, 0.4) is 0 Å². The molecular formula is C12H16F3N5O. The summed E-state index contributed by atoms with van der Waals surface area (Å²) in [5.41, 5.74) is 0. The number of carbonyl (C=O) groups excluding carboxylic acids is 1. The number of anilines is 2. The van der Waals surface area contributed by atoms with Crippen LogP contribution in [0.15, 0.2) is 6.20 Å². The highest BCUT2D eigenvalue weighted by Gasteiger charge is 2.30. The van der Waals surface area contributed by atoms with Gasteiger partial charge in [-0.2, -0.15) is 4.98 Å². The lowest BCUT2D eigenvalue weighted by Crippen LogP contribution is -2.55. The Morgan fingerprint density at radius 1 is 1.57 bits per heavy atom. The van der Waals surface area contributed by atoms with Gasteiger partial charge in [0.15, 0.2) is 11.6 Å². The number of nitrogens with zero attached hydrogens (tertiary/aromatic N) is 3. The molecule has 1 aliphatic heterocycles. The first kappa shape index (κ1) is 15.3. The van der Waals surface area contributed by atoms with E-state index in [0.717, 1.165) is 6.20 Å². The summed E-state index contributed by atoms with van der Waals surface area (Å²) >= 11 is 0. The molecule has 0 aromatic carbocycles. The van der Waals surface area contributed by atoms with Crippen LogP contribution in [-0.4, -0.2) is 48.0 Å². The van der Waals surface area contributed by atoms with Gasteiger partial charge in [-0.15, -0.1) is 0 Å². The van der Waals surface area contributed by atoms with E-state index in [1.54, 1.807) is 4.90 Å². The van der Waals surface area contributed by atoms with E-state index in [2.05, 4.69) is 20.6 Å². The third-order valence-electron chi connectivity index (χ3n) is 3.13. The Bertz CT molecular complexity index is 514. The van der Waals surface area contributed by atoms with E-state index < -0.39 is 24.8 Å².